The Bertz CT molecular complexity index is 2320. The summed E-state index contributed by atoms with van der Waals surface area (Å²) in [6, 6.07) is 60.1. The summed E-state index contributed by atoms with van der Waals surface area (Å²) in [5.74, 6) is 1.85. The summed E-state index contributed by atoms with van der Waals surface area (Å²) in [7, 11) is 0. The fourth-order valence-corrected chi connectivity index (χ4v) is 8.84. The minimum atomic E-state index is -0.355. The Morgan fingerprint density at radius 1 is 0.391 bits per heavy atom. The van der Waals surface area contributed by atoms with Crippen molar-refractivity contribution in [2.45, 2.75) is 17.8 Å². The van der Waals surface area contributed by atoms with Gasteiger partial charge >= 0.3 is 0 Å². The Labute approximate surface area is 269 Å². The summed E-state index contributed by atoms with van der Waals surface area (Å²) in [5.41, 5.74) is 15.9. The predicted molar refractivity (Wildman–Crippen MR) is 187 cm³/mol. The molecule has 0 bridgehead atoms. The molecule has 1 heteroatoms. The highest BCUT2D eigenvalue weighted by atomic mass is 16.5. The maximum atomic E-state index is 6.86. The number of benzene rings is 7. The molecule has 0 fully saturated rings. The van der Waals surface area contributed by atoms with Crippen LogP contribution in [0.15, 0.2) is 164 Å². The van der Waals surface area contributed by atoms with Crippen molar-refractivity contribution < 1.29 is 4.74 Å². The first-order valence-electron chi connectivity index (χ1n) is 16.1. The van der Waals surface area contributed by atoms with E-state index < -0.39 is 0 Å². The monoisotopic (exact) mass is 586 g/mol. The Balaban J connectivity index is 1.22. The quantitative estimate of drug-likeness (QED) is 0.196. The number of fused-ring (bicyclic) bond motifs is 12. The first-order valence-corrected chi connectivity index (χ1v) is 16.1. The van der Waals surface area contributed by atoms with Gasteiger partial charge in [-0.15, -0.1) is 0 Å². The lowest BCUT2D eigenvalue weighted by Gasteiger charge is -2.39. The third kappa shape index (κ3) is 3.10. The van der Waals surface area contributed by atoms with Crippen LogP contribution in [0.4, 0.5) is 0 Å². The van der Waals surface area contributed by atoms with Crippen molar-refractivity contribution in [1.29, 1.82) is 0 Å². The van der Waals surface area contributed by atoms with Crippen LogP contribution >= 0.6 is 0 Å². The number of ether oxygens (including phenoxy) is 1. The lowest BCUT2D eigenvalue weighted by molar-refractivity contribution is 0.429. The van der Waals surface area contributed by atoms with Crippen LogP contribution in [0.1, 0.15) is 45.9 Å². The molecule has 0 saturated carbocycles. The Morgan fingerprint density at radius 2 is 0.891 bits per heavy atom. The molecule has 0 aromatic heterocycles. The highest BCUT2D eigenvalue weighted by molar-refractivity contribution is 5.96. The van der Waals surface area contributed by atoms with Gasteiger partial charge in [0.2, 0.25) is 0 Å². The van der Waals surface area contributed by atoms with E-state index in [1.807, 2.05) is 0 Å². The molecule has 216 valence electrons. The van der Waals surface area contributed by atoms with Gasteiger partial charge in [0.15, 0.2) is 0 Å². The standard InChI is InChI=1S/C45H30O/c1-44(30-14-3-2-4-15-30)40-23-11-12-25-42(40)46-43-31(19-13-24-41(43)44)29-26-27-39-35(28-29)34-18-7-10-22-38(34)45(39)36-20-8-5-16-32(36)33-17-6-9-21-37(33)45/h2-28H,1H3. The minimum absolute atomic E-state index is 0.338. The van der Waals surface area contributed by atoms with Gasteiger partial charge < -0.3 is 4.74 Å². The first-order chi connectivity index (χ1) is 22.7. The van der Waals surface area contributed by atoms with E-state index in [1.54, 1.807) is 0 Å². The summed E-state index contributed by atoms with van der Waals surface area (Å²) in [6.45, 7) is 2.34. The van der Waals surface area contributed by atoms with Crippen LogP contribution in [-0.4, -0.2) is 0 Å². The van der Waals surface area contributed by atoms with Gasteiger partial charge in [0.05, 0.1) is 5.41 Å². The normalized spacial score (nSPS) is 17.2. The van der Waals surface area contributed by atoms with Crippen LogP contribution in [0.3, 0.4) is 0 Å². The van der Waals surface area contributed by atoms with Crippen LogP contribution in [0.25, 0.3) is 33.4 Å². The zero-order chi connectivity index (χ0) is 30.5. The van der Waals surface area contributed by atoms with Gasteiger partial charge in [0.25, 0.3) is 0 Å². The molecular formula is C45H30O. The molecule has 0 N–H and O–H groups in total. The number of hydrogen-bond donors (Lipinski definition) is 0. The third-order valence-corrected chi connectivity index (χ3v) is 10.9. The maximum absolute atomic E-state index is 6.86. The van der Waals surface area contributed by atoms with E-state index in [0.29, 0.717) is 0 Å². The van der Waals surface area contributed by atoms with E-state index in [-0.39, 0.29) is 10.8 Å². The molecular weight excluding hydrogens is 556 g/mol. The molecule has 7 aromatic carbocycles. The van der Waals surface area contributed by atoms with Gasteiger partial charge in [0, 0.05) is 22.1 Å². The van der Waals surface area contributed by atoms with Crippen molar-refractivity contribution in [1.82, 2.24) is 0 Å². The summed E-state index contributed by atoms with van der Waals surface area (Å²) in [6.07, 6.45) is 0. The van der Waals surface area contributed by atoms with E-state index in [1.165, 1.54) is 61.2 Å². The van der Waals surface area contributed by atoms with Crippen LogP contribution in [0, 0.1) is 0 Å². The Morgan fingerprint density at radius 3 is 1.57 bits per heavy atom. The van der Waals surface area contributed by atoms with Crippen molar-refractivity contribution in [3.05, 3.63) is 203 Å². The SMILES string of the molecule is CC1(c2ccccc2)c2ccccc2Oc2c(-c3ccc4c(c3)-c3ccccc3C43c4ccccc4-c4ccccc43)cccc21. The van der Waals surface area contributed by atoms with Gasteiger partial charge in [0.1, 0.15) is 11.5 Å². The van der Waals surface area contributed by atoms with Crippen molar-refractivity contribution in [3.63, 3.8) is 0 Å². The molecule has 7 aromatic rings. The molecule has 1 aliphatic heterocycles. The molecule has 0 saturated heterocycles. The molecule has 0 radical (unpaired) electrons. The summed E-state index contributed by atoms with van der Waals surface area (Å²) < 4.78 is 6.86. The average molecular weight is 587 g/mol. The molecule has 1 spiro atoms. The van der Waals surface area contributed by atoms with Crippen molar-refractivity contribution in [3.8, 4) is 44.9 Å². The zero-order valence-corrected chi connectivity index (χ0v) is 25.5. The van der Waals surface area contributed by atoms with Crippen molar-refractivity contribution in [2.75, 3.05) is 0 Å². The molecule has 1 unspecified atom stereocenters. The Hall–Kier alpha value is -5.66. The number of rotatable bonds is 2. The molecule has 46 heavy (non-hydrogen) atoms. The Kier molecular flexibility index (Phi) is 5.12. The third-order valence-electron chi connectivity index (χ3n) is 10.9. The fourth-order valence-electron chi connectivity index (χ4n) is 8.84. The van der Waals surface area contributed by atoms with E-state index in [4.69, 9.17) is 4.74 Å². The zero-order valence-electron chi connectivity index (χ0n) is 25.5. The molecule has 1 heterocycles. The van der Waals surface area contributed by atoms with Gasteiger partial charge in [-0.25, -0.2) is 0 Å². The highest BCUT2D eigenvalue weighted by Crippen LogP contribution is 2.63. The first kappa shape index (κ1) is 25.6. The predicted octanol–water partition coefficient (Wildman–Crippen LogP) is 11.2. The summed E-state index contributed by atoms with van der Waals surface area (Å²) in [4.78, 5) is 0. The summed E-state index contributed by atoms with van der Waals surface area (Å²) in [5, 5.41) is 0. The smallest absolute Gasteiger partial charge is 0.139 e. The molecule has 2 aliphatic carbocycles. The topological polar surface area (TPSA) is 9.23 Å². The van der Waals surface area contributed by atoms with Gasteiger partial charge in [-0.05, 0) is 74.7 Å². The second kappa shape index (κ2) is 9.19. The van der Waals surface area contributed by atoms with Crippen LogP contribution in [0.2, 0.25) is 0 Å². The fraction of sp³-hybridized carbons (Fsp3) is 0.0667. The largest absolute Gasteiger partial charge is 0.456 e. The van der Waals surface area contributed by atoms with Gasteiger partial charge in [-0.1, -0.05) is 152 Å². The van der Waals surface area contributed by atoms with Gasteiger partial charge in [-0.2, -0.15) is 0 Å². The van der Waals surface area contributed by atoms with E-state index in [0.717, 1.165) is 22.6 Å². The minimum Gasteiger partial charge on any atom is -0.456 e. The summed E-state index contributed by atoms with van der Waals surface area (Å²) >= 11 is 0. The lowest BCUT2D eigenvalue weighted by atomic mass is 9.68. The van der Waals surface area contributed by atoms with Crippen molar-refractivity contribution in [2.24, 2.45) is 0 Å². The van der Waals surface area contributed by atoms with Crippen LogP contribution in [-0.2, 0) is 10.8 Å². The van der Waals surface area contributed by atoms with E-state index in [2.05, 4.69) is 171 Å². The van der Waals surface area contributed by atoms with E-state index >= 15 is 0 Å². The van der Waals surface area contributed by atoms with Gasteiger partial charge in [-0.3, -0.25) is 0 Å². The number of hydrogen-bond acceptors (Lipinski definition) is 1. The molecule has 10 rings (SSSR count). The molecule has 1 atom stereocenters. The molecule has 0 amide bonds. The average Bonchev–Trinajstić information content (AvgIpc) is 3.59. The second-order valence-electron chi connectivity index (χ2n) is 12.9. The van der Waals surface area contributed by atoms with Crippen molar-refractivity contribution >= 4 is 0 Å². The van der Waals surface area contributed by atoms with E-state index in [9.17, 15) is 0 Å². The lowest BCUT2D eigenvalue weighted by Crippen LogP contribution is -2.29. The van der Waals surface area contributed by atoms with Crippen LogP contribution in [0.5, 0.6) is 11.5 Å². The maximum Gasteiger partial charge on any atom is 0.139 e. The molecule has 3 aliphatic rings. The second-order valence-corrected chi connectivity index (χ2v) is 12.9. The number of para-hydroxylation sites is 2. The highest BCUT2D eigenvalue weighted by Gasteiger charge is 2.51. The van der Waals surface area contributed by atoms with Crippen LogP contribution < -0.4 is 4.74 Å². The molecule has 1 nitrogen and oxygen atoms in total.